The average Bonchev–Trinajstić information content (AvgIpc) is 2.71. The van der Waals surface area contributed by atoms with Gasteiger partial charge in [-0.15, -0.1) is 0 Å². The van der Waals surface area contributed by atoms with Crippen molar-refractivity contribution in [2.24, 2.45) is 0 Å². The van der Waals surface area contributed by atoms with Crippen molar-refractivity contribution in [1.82, 2.24) is 14.3 Å². The van der Waals surface area contributed by atoms with Gasteiger partial charge in [0.2, 0.25) is 5.95 Å². The third-order valence-corrected chi connectivity index (χ3v) is 4.22. The zero-order chi connectivity index (χ0) is 13.4. The number of aromatic nitrogens is 3. The molecule has 0 bridgehead atoms. The van der Waals surface area contributed by atoms with Gasteiger partial charge in [-0.25, -0.2) is 9.97 Å². The van der Waals surface area contributed by atoms with Gasteiger partial charge in [-0.05, 0) is 36.7 Å². The lowest BCUT2D eigenvalue weighted by atomic mass is 10.2. The van der Waals surface area contributed by atoms with Crippen LogP contribution in [0, 0.1) is 6.92 Å². The van der Waals surface area contributed by atoms with Crippen LogP contribution in [0.2, 0.25) is 10.0 Å². The van der Waals surface area contributed by atoms with E-state index in [1.54, 1.807) is 12.3 Å². The molecule has 0 radical (unpaired) electrons. The molecule has 2 heterocycles. The summed E-state index contributed by atoms with van der Waals surface area (Å²) in [5, 5.41) is 5.97. The predicted octanol–water partition coefficient (Wildman–Crippen LogP) is 4.45. The smallest absolute Gasteiger partial charge is 0.228 e. The number of benzene rings is 1. The van der Waals surface area contributed by atoms with Crippen molar-refractivity contribution in [2.75, 3.05) is 5.32 Å². The average molecular weight is 311 g/mol. The van der Waals surface area contributed by atoms with Crippen LogP contribution in [0.1, 0.15) is 5.69 Å². The number of nitrogens with one attached hydrogen (secondary N) is 1. The Balaban J connectivity index is 1.97. The summed E-state index contributed by atoms with van der Waals surface area (Å²) in [5.41, 5.74) is 1.61. The van der Waals surface area contributed by atoms with Gasteiger partial charge in [-0.1, -0.05) is 23.2 Å². The minimum atomic E-state index is 0.486. The first kappa shape index (κ1) is 12.6. The molecule has 0 fully saturated rings. The van der Waals surface area contributed by atoms with Gasteiger partial charge >= 0.3 is 0 Å². The highest BCUT2D eigenvalue weighted by Crippen LogP contribution is 2.31. The molecule has 0 saturated carbocycles. The highest BCUT2D eigenvalue weighted by Gasteiger charge is 2.09. The number of hydrogen-bond acceptors (Lipinski definition) is 5. The lowest BCUT2D eigenvalue weighted by Crippen LogP contribution is -1.95. The van der Waals surface area contributed by atoms with Gasteiger partial charge in [0.15, 0.2) is 0 Å². The lowest BCUT2D eigenvalue weighted by Gasteiger charge is -2.03. The van der Waals surface area contributed by atoms with Crippen LogP contribution in [0.15, 0.2) is 24.4 Å². The van der Waals surface area contributed by atoms with E-state index in [4.69, 9.17) is 23.2 Å². The predicted molar refractivity (Wildman–Crippen MR) is 79.7 cm³/mol. The number of fused-ring (bicyclic) bond motifs is 1. The van der Waals surface area contributed by atoms with Gasteiger partial charge in [0.25, 0.3) is 0 Å². The van der Waals surface area contributed by atoms with E-state index in [1.165, 1.54) is 11.5 Å². The molecule has 7 heteroatoms. The first-order valence-electron chi connectivity index (χ1n) is 5.44. The van der Waals surface area contributed by atoms with Gasteiger partial charge in [-0.2, -0.15) is 4.37 Å². The molecule has 1 N–H and O–H groups in total. The van der Waals surface area contributed by atoms with E-state index >= 15 is 0 Å². The highest BCUT2D eigenvalue weighted by molar-refractivity contribution is 7.11. The summed E-state index contributed by atoms with van der Waals surface area (Å²) in [4.78, 5) is 8.63. The Labute approximate surface area is 123 Å². The van der Waals surface area contributed by atoms with E-state index in [0.717, 1.165) is 21.6 Å². The number of halogens is 2. The molecule has 0 aliphatic heterocycles. The molecule has 96 valence electrons. The number of aryl methyl sites for hydroxylation is 1. The fourth-order valence-corrected chi connectivity index (χ4v) is 2.71. The van der Waals surface area contributed by atoms with Crippen molar-refractivity contribution >= 4 is 56.6 Å². The minimum absolute atomic E-state index is 0.486. The fourth-order valence-electron chi connectivity index (χ4n) is 1.60. The maximum Gasteiger partial charge on any atom is 0.228 e. The molecule has 0 saturated heterocycles. The third kappa shape index (κ3) is 2.49. The van der Waals surface area contributed by atoms with Crippen LogP contribution >= 0.6 is 34.7 Å². The summed E-state index contributed by atoms with van der Waals surface area (Å²) >= 11 is 13.3. The second-order valence-electron chi connectivity index (χ2n) is 3.93. The minimum Gasteiger partial charge on any atom is -0.313 e. The maximum absolute atomic E-state index is 6.11. The van der Waals surface area contributed by atoms with E-state index in [0.29, 0.717) is 16.0 Å². The van der Waals surface area contributed by atoms with Gasteiger partial charge in [-0.3, -0.25) is 0 Å². The SMILES string of the molecule is Cc1nsc(Nc2ncc3cc(Cl)ccc3n2)c1Cl. The van der Waals surface area contributed by atoms with E-state index in [2.05, 4.69) is 19.7 Å². The first-order chi connectivity index (χ1) is 9.13. The van der Waals surface area contributed by atoms with Crippen molar-refractivity contribution in [2.45, 2.75) is 6.92 Å². The second kappa shape index (κ2) is 4.92. The standard InChI is InChI=1S/C12H8Cl2N4S/c1-6-10(14)11(19-18-6)17-12-15-5-7-4-8(13)2-3-9(7)16-12/h2-5H,1H3,(H,15,16,17). The monoisotopic (exact) mass is 310 g/mol. The summed E-state index contributed by atoms with van der Waals surface area (Å²) in [5.74, 6) is 0.486. The lowest BCUT2D eigenvalue weighted by molar-refractivity contribution is 1.22. The first-order valence-corrected chi connectivity index (χ1v) is 6.97. The molecule has 2 aromatic heterocycles. The molecular weight excluding hydrogens is 303 g/mol. The van der Waals surface area contributed by atoms with E-state index in [1.807, 2.05) is 19.1 Å². The van der Waals surface area contributed by atoms with Gasteiger partial charge in [0.05, 0.1) is 16.2 Å². The Morgan fingerprint density at radius 1 is 1.26 bits per heavy atom. The fraction of sp³-hybridized carbons (Fsp3) is 0.0833. The molecule has 0 aliphatic carbocycles. The molecule has 3 rings (SSSR count). The Kier molecular flexibility index (Phi) is 3.26. The molecule has 0 aliphatic rings. The van der Waals surface area contributed by atoms with Crippen LogP contribution in [0.4, 0.5) is 10.9 Å². The molecule has 0 atom stereocenters. The van der Waals surface area contributed by atoms with Gasteiger partial charge < -0.3 is 5.32 Å². The summed E-state index contributed by atoms with van der Waals surface area (Å²) < 4.78 is 4.16. The molecule has 4 nitrogen and oxygen atoms in total. The molecule has 0 spiro atoms. The van der Waals surface area contributed by atoms with Crippen LogP contribution in [0.3, 0.4) is 0 Å². The zero-order valence-corrected chi connectivity index (χ0v) is 12.1. The molecule has 0 unspecified atom stereocenters. The molecule has 3 aromatic rings. The third-order valence-electron chi connectivity index (χ3n) is 2.56. The number of nitrogens with zero attached hydrogens (tertiary/aromatic N) is 3. The Bertz CT molecular complexity index is 757. The van der Waals surface area contributed by atoms with Crippen LogP contribution < -0.4 is 5.32 Å². The quantitative estimate of drug-likeness (QED) is 0.760. The van der Waals surface area contributed by atoms with Crippen LogP contribution in [0.25, 0.3) is 10.9 Å². The van der Waals surface area contributed by atoms with Crippen LogP contribution in [-0.4, -0.2) is 14.3 Å². The largest absolute Gasteiger partial charge is 0.313 e. The number of hydrogen-bond donors (Lipinski definition) is 1. The normalized spacial score (nSPS) is 10.9. The Morgan fingerprint density at radius 3 is 2.84 bits per heavy atom. The van der Waals surface area contributed by atoms with Crippen molar-refractivity contribution < 1.29 is 0 Å². The van der Waals surface area contributed by atoms with Gasteiger partial charge in [0, 0.05) is 16.6 Å². The summed E-state index contributed by atoms with van der Waals surface area (Å²) in [6.45, 7) is 1.85. The zero-order valence-electron chi connectivity index (χ0n) is 9.82. The Morgan fingerprint density at radius 2 is 2.11 bits per heavy atom. The summed E-state index contributed by atoms with van der Waals surface area (Å²) in [7, 11) is 0. The maximum atomic E-state index is 6.11. The molecule has 19 heavy (non-hydrogen) atoms. The molecular formula is C12H8Cl2N4S. The van der Waals surface area contributed by atoms with Crippen molar-refractivity contribution in [3.63, 3.8) is 0 Å². The van der Waals surface area contributed by atoms with Gasteiger partial charge in [0.1, 0.15) is 5.00 Å². The van der Waals surface area contributed by atoms with E-state index in [-0.39, 0.29) is 0 Å². The number of anilines is 2. The van der Waals surface area contributed by atoms with Crippen molar-refractivity contribution in [3.05, 3.63) is 40.1 Å². The second-order valence-corrected chi connectivity index (χ2v) is 5.52. The Hall–Kier alpha value is -1.43. The van der Waals surface area contributed by atoms with Crippen molar-refractivity contribution in [3.8, 4) is 0 Å². The van der Waals surface area contributed by atoms with E-state index < -0.39 is 0 Å². The number of rotatable bonds is 2. The van der Waals surface area contributed by atoms with Crippen LogP contribution in [-0.2, 0) is 0 Å². The van der Waals surface area contributed by atoms with Crippen molar-refractivity contribution in [1.29, 1.82) is 0 Å². The molecule has 1 aromatic carbocycles. The summed E-state index contributed by atoms with van der Waals surface area (Å²) in [6, 6.07) is 5.47. The molecule has 0 amide bonds. The summed E-state index contributed by atoms with van der Waals surface area (Å²) in [6.07, 6.45) is 1.72. The topological polar surface area (TPSA) is 50.7 Å². The van der Waals surface area contributed by atoms with Crippen LogP contribution in [0.5, 0.6) is 0 Å². The highest BCUT2D eigenvalue weighted by atomic mass is 35.5. The van der Waals surface area contributed by atoms with E-state index in [9.17, 15) is 0 Å².